The second kappa shape index (κ2) is 8.11. The van der Waals surface area contributed by atoms with Gasteiger partial charge >= 0.3 is 5.95 Å². The van der Waals surface area contributed by atoms with Gasteiger partial charge in [-0.1, -0.05) is 24.2 Å². The third-order valence-corrected chi connectivity index (χ3v) is 4.73. The molecule has 144 valence electrons. The van der Waals surface area contributed by atoms with E-state index in [4.69, 9.17) is 0 Å². The molecule has 1 saturated carbocycles. The van der Waals surface area contributed by atoms with Crippen LogP contribution in [0.3, 0.4) is 0 Å². The Hall–Kier alpha value is -3.04. The van der Waals surface area contributed by atoms with Gasteiger partial charge in [0.2, 0.25) is 12.2 Å². The Morgan fingerprint density at radius 3 is 2.78 bits per heavy atom. The first kappa shape index (κ1) is 18.7. The SMILES string of the molecule is CN(c1ccc(NC(=O)Cn2cnc([N+](=O)[O-])n2)cc1F)C1CCCCC1. The highest BCUT2D eigenvalue weighted by Crippen LogP contribution is 2.29. The molecule has 1 aromatic carbocycles. The molecule has 1 N–H and O–H groups in total. The highest BCUT2D eigenvalue weighted by atomic mass is 19.1. The number of amides is 1. The molecule has 0 bridgehead atoms. The molecule has 3 rings (SSSR count). The van der Waals surface area contributed by atoms with Gasteiger partial charge in [0.05, 0.1) is 5.69 Å². The maximum Gasteiger partial charge on any atom is 0.490 e. The molecule has 0 radical (unpaired) electrons. The number of hydrogen-bond acceptors (Lipinski definition) is 6. The monoisotopic (exact) mass is 376 g/mol. The van der Waals surface area contributed by atoms with Crippen LogP contribution in [0.2, 0.25) is 0 Å². The molecule has 0 unspecified atom stereocenters. The first-order chi connectivity index (χ1) is 12.9. The van der Waals surface area contributed by atoms with Crippen molar-refractivity contribution in [3.63, 3.8) is 0 Å². The number of nitrogens with zero attached hydrogens (tertiary/aromatic N) is 5. The van der Waals surface area contributed by atoms with Crippen molar-refractivity contribution in [3.8, 4) is 0 Å². The Kier molecular flexibility index (Phi) is 5.63. The van der Waals surface area contributed by atoms with Crippen molar-refractivity contribution < 1.29 is 14.1 Å². The van der Waals surface area contributed by atoms with Crippen molar-refractivity contribution in [1.29, 1.82) is 0 Å². The van der Waals surface area contributed by atoms with Crippen LogP contribution in [0.5, 0.6) is 0 Å². The van der Waals surface area contributed by atoms with E-state index in [0.717, 1.165) is 36.7 Å². The van der Waals surface area contributed by atoms with Crippen LogP contribution < -0.4 is 10.2 Å². The molecular weight excluding hydrogens is 355 g/mol. The van der Waals surface area contributed by atoms with Gasteiger partial charge in [-0.25, -0.2) is 4.39 Å². The van der Waals surface area contributed by atoms with Crippen LogP contribution in [0.25, 0.3) is 0 Å². The van der Waals surface area contributed by atoms with Gasteiger partial charge in [-0.15, -0.1) is 0 Å². The zero-order valence-corrected chi connectivity index (χ0v) is 15.0. The lowest BCUT2D eigenvalue weighted by Gasteiger charge is -2.33. The highest BCUT2D eigenvalue weighted by molar-refractivity contribution is 5.90. The average Bonchev–Trinajstić information content (AvgIpc) is 3.10. The van der Waals surface area contributed by atoms with Crippen molar-refractivity contribution in [2.75, 3.05) is 17.3 Å². The third-order valence-electron chi connectivity index (χ3n) is 4.73. The summed E-state index contributed by atoms with van der Waals surface area (Å²) >= 11 is 0. The lowest BCUT2D eigenvalue weighted by Crippen LogP contribution is -2.33. The lowest BCUT2D eigenvalue weighted by atomic mass is 9.94. The number of rotatable bonds is 6. The van der Waals surface area contributed by atoms with E-state index in [-0.39, 0.29) is 6.54 Å². The van der Waals surface area contributed by atoms with Crippen LogP contribution in [0.1, 0.15) is 32.1 Å². The maximum absolute atomic E-state index is 14.5. The van der Waals surface area contributed by atoms with E-state index in [1.54, 1.807) is 12.1 Å². The van der Waals surface area contributed by atoms with E-state index in [0.29, 0.717) is 17.4 Å². The van der Waals surface area contributed by atoms with Crippen LogP contribution in [0.15, 0.2) is 24.5 Å². The largest absolute Gasteiger partial charge is 0.490 e. The first-order valence-electron chi connectivity index (χ1n) is 8.80. The molecule has 10 heteroatoms. The summed E-state index contributed by atoms with van der Waals surface area (Å²) in [5.74, 6) is -1.47. The fourth-order valence-corrected chi connectivity index (χ4v) is 3.33. The number of carbonyl (C=O) groups is 1. The van der Waals surface area contributed by atoms with Gasteiger partial charge in [-0.3, -0.25) is 4.79 Å². The van der Waals surface area contributed by atoms with E-state index < -0.39 is 22.6 Å². The summed E-state index contributed by atoms with van der Waals surface area (Å²) in [5, 5.41) is 16.7. The smallest absolute Gasteiger partial charge is 0.390 e. The first-order valence-corrected chi connectivity index (χ1v) is 8.80. The molecule has 0 saturated heterocycles. The second-order valence-electron chi connectivity index (χ2n) is 6.62. The van der Waals surface area contributed by atoms with Gasteiger partial charge in [0.25, 0.3) is 0 Å². The molecule has 1 heterocycles. The van der Waals surface area contributed by atoms with Crippen molar-refractivity contribution in [2.45, 2.75) is 44.7 Å². The van der Waals surface area contributed by atoms with E-state index in [9.17, 15) is 19.3 Å². The zero-order chi connectivity index (χ0) is 19.4. The number of halogens is 1. The molecule has 2 aromatic rings. The van der Waals surface area contributed by atoms with Gasteiger partial charge in [0.1, 0.15) is 12.4 Å². The average molecular weight is 376 g/mol. The standard InChI is InChI=1S/C17H21FN6O3/c1-22(13-5-3-2-4-6-13)15-8-7-12(9-14(15)18)20-16(25)10-23-11-19-17(21-23)24(26)27/h7-9,11,13H,2-6,10H2,1H3,(H,20,25). The van der Waals surface area contributed by atoms with Crippen molar-refractivity contribution >= 4 is 23.2 Å². The quantitative estimate of drug-likeness (QED) is 0.614. The van der Waals surface area contributed by atoms with Crippen LogP contribution in [0.4, 0.5) is 21.7 Å². The summed E-state index contributed by atoms with van der Waals surface area (Å²) in [6.45, 7) is -0.258. The van der Waals surface area contributed by atoms with Crippen molar-refractivity contribution in [2.24, 2.45) is 0 Å². The summed E-state index contributed by atoms with van der Waals surface area (Å²) in [6, 6.07) is 4.90. The minimum atomic E-state index is -0.745. The van der Waals surface area contributed by atoms with Gasteiger partial charge in [-0.2, -0.15) is 4.68 Å². The number of aromatic nitrogens is 3. The number of nitrogens with one attached hydrogen (secondary N) is 1. The number of hydrogen-bond donors (Lipinski definition) is 1. The minimum absolute atomic E-state index is 0.258. The van der Waals surface area contributed by atoms with E-state index in [2.05, 4.69) is 15.4 Å². The summed E-state index contributed by atoms with van der Waals surface area (Å²) in [4.78, 5) is 27.3. The van der Waals surface area contributed by atoms with Crippen molar-refractivity contribution in [3.05, 3.63) is 40.5 Å². The molecule has 9 nitrogen and oxygen atoms in total. The van der Waals surface area contributed by atoms with Gasteiger partial charge in [-0.05, 0) is 36.0 Å². The zero-order valence-electron chi connectivity index (χ0n) is 15.0. The Labute approximate surface area is 155 Å². The van der Waals surface area contributed by atoms with Gasteiger partial charge < -0.3 is 20.3 Å². The Bertz CT molecular complexity index is 834. The molecular formula is C17H21FN6O3. The van der Waals surface area contributed by atoms with Gasteiger partial charge in [0.15, 0.2) is 0 Å². The van der Waals surface area contributed by atoms with Gasteiger partial charge in [0, 0.05) is 23.9 Å². The van der Waals surface area contributed by atoms with Crippen LogP contribution in [-0.4, -0.2) is 38.7 Å². The number of benzene rings is 1. The summed E-state index contributed by atoms with van der Waals surface area (Å²) in [7, 11) is 1.89. The predicted molar refractivity (Wildman–Crippen MR) is 97.0 cm³/mol. The predicted octanol–water partition coefficient (Wildman–Crippen LogP) is 2.73. The third kappa shape index (κ3) is 4.57. The minimum Gasteiger partial charge on any atom is -0.390 e. The molecule has 1 aromatic heterocycles. The van der Waals surface area contributed by atoms with Crippen LogP contribution in [-0.2, 0) is 11.3 Å². The maximum atomic E-state index is 14.5. The Morgan fingerprint density at radius 2 is 2.15 bits per heavy atom. The molecule has 0 aliphatic heterocycles. The summed E-state index contributed by atoms with van der Waals surface area (Å²) in [6.07, 6.45) is 6.75. The fraction of sp³-hybridized carbons (Fsp3) is 0.471. The van der Waals surface area contributed by atoms with E-state index >= 15 is 0 Å². The van der Waals surface area contributed by atoms with Crippen LogP contribution in [0, 0.1) is 15.9 Å². The molecule has 1 aliphatic carbocycles. The van der Waals surface area contributed by atoms with E-state index in [1.165, 1.54) is 12.5 Å². The Morgan fingerprint density at radius 1 is 1.41 bits per heavy atom. The lowest BCUT2D eigenvalue weighted by molar-refractivity contribution is -0.394. The van der Waals surface area contributed by atoms with E-state index in [1.807, 2.05) is 11.9 Å². The molecule has 1 amide bonds. The number of nitro groups is 1. The molecule has 1 aliphatic rings. The molecule has 0 atom stereocenters. The molecule has 1 fully saturated rings. The fourth-order valence-electron chi connectivity index (χ4n) is 3.33. The molecule has 0 spiro atoms. The summed E-state index contributed by atoms with van der Waals surface area (Å²) in [5.41, 5.74) is 0.819. The molecule has 27 heavy (non-hydrogen) atoms. The highest BCUT2D eigenvalue weighted by Gasteiger charge is 2.21. The number of carbonyl (C=O) groups excluding carboxylic acids is 1. The number of anilines is 2. The summed E-state index contributed by atoms with van der Waals surface area (Å²) < 4.78 is 15.6. The second-order valence-corrected chi connectivity index (χ2v) is 6.62. The normalized spacial score (nSPS) is 14.7. The van der Waals surface area contributed by atoms with Crippen LogP contribution >= 0.6 is 0 Å². The van der Waals surface area contributed by atoms with Crippen molar-refractivity contribution in [1.82, 2.24) is 14.8 Å². The topological polar surface area (TPSA) is 106 Å². The Balaban J connectivity index is 1.62.